The molecule has 0 aliphatic heterocycles. The molecule has 0 aliphatic carbocycles. The van der Waals surface area contributed by atoms with Gasteiger partial charge in [0.2, 0.25) is 0 Å². The van der Waals surface area contributed by atoms with Crippen molar-refractivity contribution in [2.24, 2.45) is 7.05 Å². The van der Waals surface area contributed by atoms with Gasteiger partial charge in [0, 0.05) is 36.9 Å². The maximum absolute atomic E-state index is 11.9. The molecule has 7 heteroatoms. The third kappa shape index (κ3) is 3.11. The van der Waals surface area contributed by atoms with E-state index in [-0.39, 0.29) is 17.8 Å². The molecule has 0 aromatic carbocycles. The predicted molar refractivity (Wildman–Crippen MR) is 75.9 cm³/mol. The molecular weight excluding hydrogens is 264 g/mol. The molecule has 0 bridgehead atoms. The predicted octanol–water partition coefficient (Wildman–Crippen LogP) is 0.874. The number of aryl methyl sites for hydroxylation is 1. The van der Waals surface area contributed by atoms with E-state index in [0.29, 0.717) is 0 Å². The molecule has 0 fully saturated rings. The standard InChI is InChI=1S/C12H16N4O2S/c1-3-5-13-11-14-7-9(19-11)8-16-10(17)4-6-15(2)12(16)18/h4,6-7H,3,5,8H2,1-2H3,(H,13,14). The maximum Gasteiger partial charge on any atom is 0.331 e. The number of nitrogens with one attached hydrogen (secondary N) is 1. The molecule has 102 valence electrons. The van der Waals surface area contributed by atoms with Gasteiger partial charge in [-0.05, 0) is 6.42 Å². The molecule has 2 aromatic heterocycles. The minimum atomic E-state index is -0.316. The summed E-state index contributed by atoms with van der Waals surface area (Å²) in [6.07, 6.45) is 4.19. The molecule has 0 saturated carbocycles. The fraction of sp³-hybridized carbons (Fsp3) is 0.417. The van der Waals surface area contributed by atoms with Crippen LogP contribution in [0.1, 0.15) is 18.2 Å². The second kappa shape index (κ2) is 5.83. The van der Waals surface area contributed by atoms with Crippen molar-refractivity contribution in [1.29, 1.82) is 0 Å². The molecule has 1 N–H and O–H groups in total. The van der Waals surface area contributed by atoms with Crippen molar-refractivity contribution in [2.45, 2.75) is 19.9 Å². The monoisotopic (exact) mass is 280 g/mol. The highest BCUT2D eigenvalue weighted by molar-refractivity contribution is 7.15. The third-order valence-corrected chi connectivity index (χ3v) is 3.57. The highest BCUT2D eigenvalue weighted by Gasteiger charge is 2.07. The van der Waals surface area contributed by atoms with Crippen molar-refractivity contribution in [3.63, 3.8) is 0 Å². The Morgan fingerprint density at radius 2 is 2.21 bits per heavy atom. The van der Waals surface area contributed by atoms with Gasteiger partial charge in [-0.3, -0.25) is 9.36 Å². The minimum Gasteiger partial charge on any atom is -0.362 e. The van der Waals surface area contributed by atoms with E-state index in [1.54, 1.807) is 13.2 Å². The maximum atomic E-state index is 11.9. The van der Waals surface area contributed by atoms with Crippen LogP contribution in [0.3, 0.4) is 0 Å². The summed E-state index contributed by atoms with van der Waals surface area (Å²) in [5.74, 6) is 0. The summed E-state index contributed by atoms with van der Waals surface area (Å²) >= 11 is 1.46. The van der Waals surface area contributed by atoms with E-state index in [1.807, 2.05) is 0 Å². The van der Waals surface area contributed by atoms with Crippen LogP contribution >= 0.6 is 11.3 Å². The summed E-state index contributed by atoms with van der Waals surface area (Å²) in [5.41, 5.74) is -0.608. The first kappa shape index (κ1) is 13.5. The normalized spacial score (nSPS) is 10.6. The van der Waals surface area contributed by atoms with Crippen molar-refractivity contribution in [2.75, 3.05) is 11.9 Å². The second-order valence-electron chi connectivity index (χ2n) is 4.19. The van der Waals surface area contributed by atoms with E-state index in [4.69, 9.17) is 0 Å². The van der Waals surface area contributed by atoms with Crippen LogP contribution in [0.2, 0.25) is 0 Å². The van der Waals surface area contributed by atoms with Gasteiger partial charge in [-0.25, -0.2) is 9.78 Å². The Hall–Kier alpha value is -1.89. The SMILES string of the molecule is CCCNc1ncc(Cn2c(=O)ccn(C)c2=O)s1. The van der Waals surface area contributed by atoms with Gasteiger partial charge in [-0.15, -0.1) is 11.3 Å². The number of hydrogen-bond donors (Lipinski definition) is 1. The fourth-order valence-electron chi connectivity index (χ4n) is 1.61. The lowest BCUT2D eigenvalue weighted by molar-refractivity contribution is 0.644. The van der Waals surface area contributed by atoms with E-state index < -0.39 is 0 Å². The van der Waals surface area contributed by atoms with Crippen LogP contribution in [0.5, 0.6) is 0 Å². The molecular formula is C12H16N4O2S. The van der Waals surface area contributed by atoms with Crippen molar-refractivity contribution >= 4 is 16.5 Å². The first-order valence-corrected chi connectivity index (χ1v) is 6.88. The van der Waals surface area contributed by atoms with Gasteiger partial charge >= 0.3 is 5.69 Å². The fourth-order valence-corrected chi connectivity index (χ4v) is 2.44. The Morgan fingerprint density at radius 3 is 2.95 bits per heavy atom. The summed E-state index contributed by atoms with van der Waals surface area (Å²) in [6.45, 7) is 3.20. The van der Waals surface area contributed by atoms with Crippen LogP contribution in [0.15, 0.2) is 28.0 Å². The van der Waals surface area contributed by atoms with Gasteiger partial charge in [-0.2, -0.15) is 0 Å². The van der Waals surface area contributed by atoms with Crippen LogP contribution in [-0.2, 0) is 13.6 Å². The van der Waals surface area contributed by atoms with Gasteiger partial charge in [-0.1, -0.05) is 6.92 Å². The Morgan fingerprint density at radius 1 is 1.42 bits per heavy atom. The Labute approximate surface area is 114 Å². The second-order valence-corrected chi connectivity index (χ2v) is 5.31. The van der Waals surface area contributed by atoms with Crippen LogP contribution in [-0.4, -0.2) is 20.7 Å². The van der Waals surface area contributed by atoms with Crippen LogP contribution < -0.4 is 16.6 Å². The third-order valence-electron chi connectivity index (χ3n) is 2.63. The number of nitrogens with zero attached hydrogens (tertiary/aromatic N) is 3. The average molecular weight is 280 g/mol. The number of aromatic nitrogens is 3. The van der Waals surface area contributed by atoms with Gasteiger partial charge in [0.25, 0.3) is 5.56 Å². The molecule has 0 atom stereocenters. The lowest BCUT2D eigenvalue weighted by Crippen LogP contribution is -2.37. The molecule has 2 rings (SSSR count). The first-order chi connectivity index (χ1) is 9.11. The highest BCUT2D eigenvalue weighted by atomic mass is 32.1. The summed E-state index contributed by atoms with van der Waals surface area (Å²) in [7, 11) is 1.62. The topological polar surface area (TPSA) is 68.9 Å². The molecule has 0 saturated heterocycles. The molecule has 0 unspecified atom stereocenters. The highest BCUT2D eigenvalue weighted by Crippen LogP contribution is 2.18. The van der Waals surface area contributed by atoms with Gasteiger partial charge in [0.1, 0.15) is 0 Å². The van der Waals surface area contributed by atoms with E-state index in [2.05, 4.69) is 17.2 Å². The number of rotatable bonds is 5. The summed E-state index contributed by atoms with van der Waals surface area (Å²) in [5, 5.41) is 4.00. The Balaban J connectivity index is 2.22. The molecule has 2 heterocycles. The lowest BCUT2D eigenvalue weighted by Gasteiger charge is -2.04. The molecule has 2 aromatic rings. The smallest absolute Gasteiger partial charge is 0.331 e. The zero-order valence-electron chi connectivity index (χ0n) is 10.9. The van der Waals surface area contributed by atoms with Crippen molar-refractivity contribution in [3.8, 4) is 0 Å². The molecule has 0 amide bonds. The number of thiazole rings is 1. The van der Waals surface area contributed by atoms with E-state index in [1.165, 1.54) is 32.7 Å². The zero-order valence-corrected chi connectivity index (χ0v) is 11.7. The quantitative estimate of drug-likeness (QED) is 0.882. The van der Waals surface area contributed by atoms with E-state index >= 15 is 0 Å². The van der Waals surface area contributed by atoms with E-state index in [0.717, 1.165) is 23.0 Å². The first-order valence-electron chi connectivity index (χ1n) is 6.07. The summed E-state index contributed by atoms with van der Waals surface area (Å²) in [6, 6.07) is 1.39. The van der Waals surface area contributed by atoms with Crippen molar-refractivity contribution in [1.82, 2.24) is 14.1 Å². The van der Waals surface area contributed by atoms with Crippen LogP contribution in [0.4, 0.5) is 5.13 Å². The zero-order chi connectivity index (χ0) is 13.8. The van der Waals surface area contributed by atoms with Gasteiger partial charge in [0.15, 0.2) is 5.13 Å². The van der Waals surface area contributed by atoms with Crippen LogP contribution in [0, 0.1) is 0 Å². The molecule has 19 heavy (non-hydrogen) atoms. The summed E-state index contributed by atoms with van der Waals surface area (Å²) in [4.78, 5) is 28.7. The van der Waals surface area contributed by atoms with E-state index in [9.17, 15) is 9.59 Å². The Kier molecular flexibility index (Phi) is 4.16. The minimum absolute atomic E-state index is 0.262. The molecule has 0 spiro atoms. The average Bonchev–Trinajstić information content (AvgIpc) is 2.84. The molecule has 0 radical (unpaired) electrons. The molecule has 0 aliphatic rings. The largest absolute Gasteiger partial charge is 0.362 e. The van der Waals surface area contributed by atoms with Crippen molar-refractivity contribution in [3.05, 3.63) is 44.2 Å². The Bertz CT molecular complexity index is 671. The number of hydrogen-bond acceptors (Lipinski definition) is 5. The van der Waals surface area contributed by atoms with Gasteiger partial charge < -0.3 is 9.88 Å². The summed E-state index contributed by atoms with van der Waals surface area (Å²) < 4.78 is 2.59. The number of anilines is 1. The van der Waals surface area contributed by atoms with Crippen molar-refractivity contribution < 1.29 is 0 Å². The molecule has 6 nitrogen and oxygen atoms in total. The lowest BCUT2D eigenvalue weighted by atomic mass is 10.5. The van der Waals surface area contributed by atoms with Crippen LogP contribution in [0.25, 0.3) is 0 Å². The van der Waals surface area contributed by atoms with Gasteiger partial charge in [0.05, 0.1) is 6.54 Å².